The molecule has 2 fully saturated rings. The van der Waals surface area contributed by atoms with E-state index < -0.39 is 15.9 Å². The van der Waals surface area contributed by atoms with E-state index in [1.54, 1.807) is 18.3 Å². The molecule has 4 rings (SSSR count). The van der Waals surface area contributed by atoms with Gasteiger partial charge in [0.05, 0.1) is 22.7 Å². The van der Waals surface area contributed by atoms with Crippen LogP contribution in [0.2, 0.25) is 0 Å². The van der Waals surface area contributed by atoms with Crippen molar-refractivity contribution in [2.24, 2.45) is 10.9 Å². The average molecular weight is 565 g/mol. The van der Waals surface area contributed by atoms with Crippen LogP contribution in [-0.4, -0.2) is 81.9 Å². The van der Waals surface area contributed by atoms with Crippen molar-refractivity contribution in [3.63, 3.8) is 0 Å². The molecule has 1 aromatic rings. The topological polar surface area (TPSA) is 108 Å². The van der Waals surface area contributed by atoms with Gasteiger partial charge in [0.1, 0.15) is 0 Å². The number of piperidine rings is 1. The van der Waals surface area contributed by atoms with Crippen molar-refractivity contribution in [2.75, 3.05) is 50.5 Å². The molecule has 2 saturated heterocycles. The van der Waals surface area contributed by atoms with Gasteiger partial charge in [0.15, 0.2) is 0 Å². The summed E-state index contributed by atoms with van der Waals surface area (Å²) in [4.78, 5) is 33.8. The highest BCUT2D eigenvalue weighted by atomic mass is 32.2. The van der Waals surface area contributed by atoms with Gasteiger partial charge in [0.25, 0.3) is 11.8 Å². The van der Waals surface area contributed by atoms with Crippen LogP contribution in [0.4, 0.5) is 5.00 Å². The Hall–Kier alpha value is -2.08. The second kappa shape index (κ2) is 12.0. The third-order valence-corrected chi connectivity index (χ3v) is 10.7. The summed E-state index contributed by atoms with van der Waals surface area (Å²) in [5.41, 5.74) is 3.22. The van der Waals surface area contributed by atoms with Crippen molar-refractivity contribution in [1.82, 2.24) is 9.62 Å². The highest BCUT2D eigenvalue weighted by Crippen LogP contribution is 2.44. The van der Waals surface area contributed by atoms with Gasteiger partial charge in [-0.05, 0) is 70.9 Å². The number of amides is 2. The fourth-order valence-corrected chi connectivity index (χ4v) is 8.30. The molecule has 1 aromatic heterocycles. The first-order chi connectivity index (χ1) is 18.0. The first-order valence-corrected chi connectivity index (χ1v) is 16.2. The number of carbonyl (C=O) groups is 2. The quantitative estimate of drug-likeness (QED) is 0.518. The molecule has 0 radical (unpaired) electrons. The molecule has 0 spiro atoms. The van der Waals surface area contributed by atoms with E-state index in [0.29, 0.717) is 43.2 Å². The number of sulfonamides is 1. The predicted molar refractivity (Wildman–Crippen MR) is 152 cm³/mol. The number of aliphatic imine (C=N–C) groups is 1. The minimum absolute atomic E-state index is 0.102. The van der Waals surface area contributed by atoms with Crippen LogP contribution in [0.25, 0.3) is 0 Å². The summed E-state index contributed by atoms with van der Waals surface area (Å²) in [5.74, 6) is -0.766. The maximum atomic E-state index is 13.8. The summed E-state index contributed by atoms with van der Waals surface area (Å²) in [6.45, 7) is 11.3. The number of ether oxygens (including phenoxy) is 1. The first kappa shape index (κ1) is 28.9. The summed E-state index contributed by atoms with van der Waals surface area (Å²) in [6, 6.07) is 0.357. The van der Waals surface area contributed by atoms with Crippen LogP contribution in [0.1, 0.15) is 73.2 Å². The zero-order valence-corrected chi connectivity index (χ0v) is 24.7. The normalized spacial score (nSPS) is 22.2. The van der Waals surface area contributed by atoms with Crippen molar-refractivity contribution in [1.29, 1.82) is 0 Å². The lowest BCUT2D eigenvalue weighted by Gasteiger charge is -2.35. The number of carbonyl (C=O) groups excluding carboxylic acids is 2. The Labute approximate surface area is 230 Å². The Morgan fingerprint density at radius 2 is 1.84 bits per heavy atom. The molecule has 1 atom stereocenters. The number of dihydropyridines is 1. The highest BCUT2D eigenvalue weighted by molar-refractivity contribution is 7.88. The Morgan fingerprint density at radius 1 is 1.18 bits per heavy atom. The Kier molecular flexibility index (Phi) is 9.11. The minimum atomic E-state index is -3.24. The van der Waals surface area contributed by atoms with Gasteiger partial charge >= 0.3 is 0 Å². The Morgan fingerprint density at radius 3 is 2.42 bits per heavy atom. The van der Waals surface area contributed by atoms with Gasteiger partial charge in [-0.1, -0.05) is 5.57 Å². The Balaban J connectivity index is 1.62. The van der Waals surface area contributed by atoms with Crippen molar-refractivity contribution >= 4 is 43.9 Å². The van der Waals surface area contributed by atoms with E-state index >= 15 is 0 Å². The van der Waals surface area contributed by atoms with Crippen LogP contribution in [-0.2, 0) is 19.6 Å². The highest BCUT2D eigenvalue weighted by Gasteiger charge is 2.34. The van der Waals surface area contributed by atoms with Crippen molar-refractivity contribution in [3.05, 3.63) is 27.7 Å². The van der Waals surface area contributed by atoms with Crippen molar-refractivity contribution < 1.29 is 22.7 Å². The number of nitrogens with one attached hydrogen (secondary N) is 1. The van der Waals surface area contributed by atoms with Gasteiger partial charge in [0, 0.05) is 56.0 Å². The van der Waals surface area contributed by atoms with Crippen molar-refractivity contribution in [3.8, 4) is 0 Å². The molecule has 3 aliphatic heterocycles. The smallest absolute Gasteiger partial charge is 0.254 e. The average Bonchev–Trinajstić information content (AvgIpc) is 3.21. The van der Waals surface area contributed by atoms with Crippen LogP contribution in [0.5, 0.6) is 0 Å². The second-order valence-electron chi connectivity index (χ2n) is 10.6. The first-order valence-electron chi connectivity index (χ1n) is 13.5. The van der Waals surface area contributed by atoms with Crippen LogP contribution in [0, 0.1) is 12.8 Å². The maximum Gasteiger partial charge on any atom is 0.254 e. The molecular formula is C27H40N4O5S2. The summed E-state index contributed by atoms with van der Waals surface area (Å²) >= 11 is 1.68. The van der Waals surface area contributed by atoms with E-state index in [-0.39, 0.29) is 24.3 Å². The molecular weight excluding hydrogens is 524 g/mol. The number of rotatable bonds is 8. The molecule has 1 unspecified atom stereocenters. The van der Waals surface area contributed by atoms with E-state index in [1.165, 1.54) is 10.6 Å². The number of nitrogens with zero attached hydrogens (tertiary/aromatic N) is 3. The number of thiophene rings is 1. The molecule has 4 heterocycles. The van der Waals surface area contributed by atoms with E-state index in [0.717, 1.165) is 53.6 Å². The van der Waals surface area contributed by atoms with Gasteiger partial charge in [-0.25, -0.2) is 17.7 Å². The molecule has 38 heavy (non-hydrogen) atoms. The zero-order chi connectivity index (χ0) is 27.6. The minimum Gasteiger partial charge on any atom is -0.381 e. The summed E-state index contributed by atoms with van der Waals surface area (Å²) in [6.07, 6.45) is 6.38. The lowest BCUT2D eigenvalue weighted by Crippen LogP contribution is -2.39. The van der Waals surface area contributed by atoms with E-state index in [1.807, 2.05) is 19.9 Å². The molecule has 2 amide bonds. The third kappa shape index (κ3) is 6.21. The second-order valence-corrected chi connectivity index (χ2v) is 13.6. The largest absolute Gasteiger partial charge is 0.381 e. The molecule has 0 aliphatic carbocycles. The monoisotopic (exact) mass is 564 g/mol. The van der Waals surface area contributed by atoms with E-state index in [9.17, 15) is 18.0 Å². The number of allylic oxidation sites excluding steroid dienone is 1. The summed E-state index contributed by atoms with van der Waals surface area (Å²) in [7, 11) is -3.24. The molecule has 0 aromatic carbocycles. The van der Waals surface area contributed by atoms with Crippen LogP contribution < -0.4 is 10.2 Å². The number of hydrogen-bond donors (Lipinski definition) is 1. The SMILES string of the molecule is CCN(c1sc(C2CCN(S(C)(=O)=O)CC2)c(C(=O)NCC2C(=O)N=C(C)C=C2C)c1C)C1CCOCC1. The van der Waals surface area contributed by atoms with Crippen LogP contribution in [0.3, 0.4) is 0 Å². The number of hydrogen-bond acceptors (Lipinski definition) is 7. The zero-order valence-electron chi connectivity index (χ0n) is 23.1. The van der Waals surface area contributed by atoms with Crippen LogP contribution in [0.15, 0.2) is 16.6 Å². The number of anilines is 1. The maximum absolute atomic E-state index is 13.8. The lowest BCUT2D eigenvalue weighted by atomic mass is 9.92. The summed E-state index contributed by atoms with van der Waals surface area (Å²) in [5, 5.41) is 4.15. The standard InChI is InChI=1S/C27H40N4O5S2/c1-6-31(21-9-13-36-14-10-21)27-19(4)23(24(37-27)20-7-11-30(12-8-20)38(5,34)35)26(33)28-16-22-17(2)15-18(3)29-25(22)32/h15,20-22H,6-14,16H2,1-5H3,(H,28,33). The molecule has 9 nitrogen and oxygen atoms in total. The third-order valence-electron chi connectivity index (χ3n) is 7.94. The van der Waals surface area contributed by atoms with Crippen LogP contribution >= 0.6 is 11.3 Å². The molecule has 3 aliphatic rings. The van der Waals surface area contributed by atoms with Gasteiger partial charge in [-0.3, -0.25) is 9.59 Å². The van der Waals surface area contributed by atoms with E-state index in [2.05, 4.69) is 22.1 Å². The predicted octanol–water partition coefficient (Wildman–Crippen LogP) is 3.49. The fourth-order valence-electron chi connectivity index (χ4n) is 5.82. The Bertz CT molecular complexity index is 1220. The molecule has 11 heteroatoms. The summed E-state index contributed by atoms with van der Waals surface area (Å²) < 4.78 is 31.3. The van der Waals surface area contributed by atoms with E-state index in [4.69, 9.17) is 4.74 Å². The molecule has 0 saturated carbocycles. The fraction of sp³-hybridized carbons (Fsp3) is 0.667. The molecule has 210 valence electrons. The van der Waals surface area contributed by atoms with Crippen molar-refractivity contribution in [2.45, 2.75) is 65.3 Å². The molecule has 0 bridgehead atoms. The van der Waals surface area contributed by atoms with Gasteiger partial charge in [-0.15, -0.1) is 11.3 Å². The van der Waals surface area contributed by atoms with Gasteiger partial charge < -0.3 is 15.0 Å². The molecule has 1 N–H and O–H groups in total. The lowest BCUT2D eigenvalue weighted by molar-refractivity contribution is -0.120. The van der Waals surface area contributed by atoms with Gasteiger partial charge in [0.2, 0.25) is 10.0 Å². The van der Waals surface area contributed by atoms with Gasteiger partial charge in [-0.2, -0.15) is 0 Å².